The number of primary amides is 1. The van der Waals surface area contributed by atoms with E-state index in [2.05, 4.69) is 10.3 Å². The minimum atomic E-state index is -1.01. The highest BCUT2D eigenvalue weighted by Gasteiger charge is 2.11. The third-order valence-electron chi connectivity index (χ3n) is 2.80. The maximum atomic E-state index is 11.3. The molecule has 0 radical (unpaired) electrons. The second kappa shape index (κ2) is 5.40. The van der Waals surface area contributed by atoms with Gasteiger partial charge in [-0.25, -0.2) is 9.78 Å². The van der Waals surface area contributed by atoms with Gasteiger partial charge < -0.3 is 16.2 Å². The summed E-state index contributed by atoms with van der Waals surface area (Å²) < 4.78 is 0. The molecule has 0 atom stereocenters. The van der Waals surface area contributed by atoms with Crippen molar-refractivity contribution in [2.45, 2.75) is 6.92 Å². The fourth-order valence-electron chi connectivity index (χ4n) is 1.77. The first-order valence-corrected chi connectivity index (χ1v) is 5.85. The van der Waals surface area contributed by atoms with Crippen molar-refractivity contribution in [3.63, 3.8) is 0 Å². The molecule has 20 heavy (non-hydrogen) atoms. The number of amides is 1. The summed E-state index contributed by atoms with van der Waals surface area (Å²) >= 11 is 0. The molecule has 1 aromatic carbocycles. The molecule has 1 amide bonds. The molecular formula is C14H13N3O3. The monoisotopic (exact) mass is 271 g/mol. The predicted octanol–water partition coefficient (Wildman–Crippen LogP) is 1.93. The molecular weight excluding hydrogens is 258 g/mol. The molecule has 1 aromatic heterocycles. The molecule has 0 fully saturated rings. The zero-order chi connectivity index (χ0) is 14.7. The van der Waals surface area contributed by atoms with E-state index in [0.717, 1.165) is 0 Å². The van der Waals surface area contributed by atoms with Crippen LogP contribution < -0.4 is 11.1 Å². The lowest BCUT2D eigenvalue weighted by atomic mass is 10.1. The quantitative estimate of drug-likeness (QED) is 0.788. The highest BCUT2D eigenvalue weighted by atomic mass is 16.4. The Labute approximate surface area is 115 Å². The average molecular weight is 271 g/mol. The first-order valence-electron chi connectivity index (χ1n) is 5.85. The van der Waals surface area contributed by atoms with Crippen molar-refractivity contribution in [1.82, 2.24) is 4.98 Å². The normalized spacial score (nSPS) is 10.1. The number of hydrogen-bond donors (Lipinski definition) is 3. The number of aromatic nitrogens is 1. The van der Waals surface area contributed by atoms with Crippen LogP contribution in [0.4, 0.5) is 11.5 Å². The number of nitrogens with zero attached hydrogens (tertiary/aromatic N) is 1. The molecule has 0 aliphatic heterocycles. The fourth-order valence-corrected chi connectivity index (χ4v) is 1.77. The minimum absolute atomic E-state index is 0.187. The lowest BCUT2D eigenvalue weighted by molar-refractivity contribution is 0.0696. The number of rotatable bonds is 4. The summed E-state index contributed by atoms with van der Waals surface area (Å²) in [5.74, 6) is -1.33. The van der Waals surface area contributed by atoms with Crippen LogP contribution in [0.2, 0.25) is 0 Å². The number of benzene rings is 1. The number of aromatic carboxylic acids is 1. The van der Waals surface area contributed by atoms with E-state index in [-0.39, 0.29) is 11.1 Å². The maximum absolute atomic E-state index is 11.3. The van der Waals surface area contributed by atoms with E-state index in [0.29, 0.717) is 17.1 Å². The fraction of sp³-hybridized carbons (Fsp3) is 0.0714. The Bertz CT molecular complexity index is 683. The van der Waals surface area contributed by atoms with Crippen molar-refractivity contribution in [3.8, 4) is 0 Å². The molecule has 0 unspecified atom stereocenters. The number of hydrogen-bond acceptors (Lipinski definition) is 4. The Morgan fingerprint density at radius 3 is 2.65 bits per heavy atom. The highest BCUT2D eigenvalue weighted by molar-refractivity contribution is 5.98. The molecule has 1 heterocycles. The first-order chi connectivity index (χ1) is 9.49. The zero-order valence-corrected chi connectivity index (χ0v) is 10.8. The summed E-state index contributed by atoms with van der Waals surface area (Å²) in [6, 6.07) is 8.02. The highest BCUT2D eigenvalue weighted by Crippen LogP contribution is 2.21. The van der Waals surface area contributed by atoms with Gasteiger partial charge in [-0.15, -0.1) is 0 Å². The number of carbonyl (C=O) groups excluding carboxylic acids is 1. The smallest absolute Gasteiger partial charge is 0.336 e. The summed E-state index contributed by atoms with van der Waals surface area (Å²) in [4.78, 5) is 26.4. The van der Waals surface area contributed by atoms with E-state index in [4.69, 9.17) is 10.8 Å². The van der Waals surface area contributed by atoms with E-state index in [9.17, 15) is 9.59 Å². The van der Waals surface area contributed by atoms with Crippen molar-refractivity contribution in [2.75, 3.05) is 5.32 Å². The predicted molar refractivity (Wildman–Crippen MR) is 74.2 cm³/mol. The van der Waals surface area contributed by atoms with Gasteiger partial charge in [-0.1, -0.05) is 6.07 Å². The molecule has 0 aliphatic rings. The summed E-state index contributed by atoms with van der Waals surface area (Å²) in [7, 11) is 0. The molecule has 0 saturated carbocycles. The number of carboxylic acid groups (broad SMARTS) is 1. The van der Waals surface area contributed by atoms with Crippen LogP contribution in [0.25, 0.3) is 0 Å². The number of carbonyl (C=O) groups is 2. The van der Waals surface area contributed by atoms with Crippen LogP contribution in [-0.4, -0.2) is 22.0 Å². The van der Waals surface area contributed by atoms with Crippen molar-refractivity contribution < 1.29 is 14.7 Å². The summed E-state index contributed by atoms with van der Waals surface area (Å²) in [5, 5.41) is 12.0. The Morgan fingerprint density at radius 1 is 1.25 bits per heavy atom. The maximum Gasteiger partial charge on any atom is 0.336 e. The average Bonchev–Trinajstić information content (AvgIpc) is 2.41. The standard InChI is InChI=1S/C14H13N3O3/c1-8-4-5-9(7-11(8)14(19)20)17-13-10(12(15)18)3-2-6-16-13/h2-7H,1H3,(H2,15,18)(H,16,17)(H,19,20). The Balaban J connectivity index is 2.38. The van der Waals surface area contributed by atoms with Gasteiger partial charge in [-0.2, -0.15) is 0 Å². The van der Waals surface area contributed by atoms with Crippen LogP contribution >= 0.6 is 0 Å². The summed E-state index contributed by atoms with van der Waals surface area (Å²) in [5.41, 5.74) is 6.86. The van der Waals surface area contributed by atoms with E-state index in [1.807, 2.05) is 0 Å². The van der Waals surface area contributed by atoms with Crippen molar-refractivity contribution in [1.29, 1.82) is 0 Å². The Morgan fingerprint density at radius 2 is 2.00 bits per heavy atom. The van der Waals surface area contributed by atoms with Gasteiger partial charge in [0.25, 0.3) is 5.91 Å². The second-order valence-corrected chi connectivity index (χ2v) is 4.22. The number of nitrogens with two attached hydrogens (primary N) is 1. The van der Waals surface area contributed by atoms with Gasteiger partial charge >= 0.3 is 5.97 Å². The van der Waals surface area contributed by atoms with Gasteiger partial charge in [-0.05, 0) is 36.8 Å². The van der Waals surface area contributed by atoms with Crippen LogP contribution in [0.3, 0.4) is 0 Å². The van der Waals surface area contributed by atoms with Gasteiger partial charge in [0.2, 0.25) is 0 Å². The lowest BCUT2D eigenvalue weighted by Crippen LogP contribution is -2.14. The van der Waals surface area contributed by atoms with Gasteiger partial charge in [0.05, 0.1) is 11.1 Å². The Hall–Kier alpha value is -2.89. The van der Waals surface area contributed by atoms with E-state index in [1.54, 1.807) is 31.2 Å². The second-order valence-electron chi connectivity index (χ2n) is 4.22. The topological polar surface area (TPSA) is 105 Å². The first kappa shape index (κ1) is 13.5. The number of nitrogens with one attached hydrogen (secondary N) is 1. The molecule has 6 nitrogen and oxygen atoms in total. The minimum Gasteiger partial charge on any atom is -0.478 e. The van der Waals surface area contributed by atoms with Gasteiger partial charge in [0.1, 0.15) is 5.82 Å². The molecule has 0 aliphatic carbocycles. The van der Waals surface area contributed by atoms with Crippen molar-refractivity contribution in [2.24, 2.45) is 5.73 Å². The van der Waals surface area contributed by atoms with Crippen LogP contribution in [0.5, 0.6) is 0 Å². The van der Waals surface area contributed by atoms with Crippen LogP contribution in [-0.2, 0) is 0 Å². The molecule has 2 rings (SSSR count). The molecule has 0 spiro atoms. The van der Waals surface area contributed by atoms with E-state index < -0.39 is 11.9 Å². The van der Waals surface area contributed by atoms with E-state index >= 15 is 0 Å². The van der Waals surface area contributed by atoms with Crippen LogP contribution in [0.15, 0.2) is 36.5 Å². The molecule has 0 saturated heterocycles. The molecule has 102 valence electrons. The van der Waals surface area contributed by atoms with Gasteiger partial charge in [0.15, 0.2) is 0 Å². The zero-order valence-electron chi connectivity index (χ0n) is 10.8. The van der Waals surface area contributed by atoms with E-state index in [1.165, 1.54) is 12.3 Å². The third-order valence-corrected chi connectivity index (χ3v) is 2.80. The largest absolute Gasteiger partial charge is 0.478 e. The van der Waals surface area contributed by atoms with Crippen LogP contribution in [0, 0.1) is 6.92 Å². The number of aryl methyl sites for hydroxylation is 1. The number of anilines is 2. The van der Waals surface area contributed by atoms with Crippen molar-refractivity contribution >= 4 is 23.4 Å². The lowest BCUT2D eigenvalue weighted by Gasteiger charge is -2.10. The van der Waals surface area contributed by atoms with Gasteiger partial charge in [-0.3, -0.25) is 4.79 Å². The van der Waals surface area contributed by atoms with Gasteiger partial charge in [0, 0.05) is 11.9 Å². The number of pyridine rings is 1. The SMILES string of the molecule is Cc1ccc(Nc2ncccc2C(N)=O)cc1C(=O)O. The van der Waals surface area contributed by atoms with Crippen LogP contribution in [0.1, 0.15) is 26.3 Å². The molecule has 0 bridgehead atoms. The summed E-state index contributed by atoms with van der Waals surface area (Å²) in [6.07, 6.45) is 1.51. The Kier molecular flexibility index (Phi) is 3.65. The molecule has 2 aromatic rings. The molecule has 6 heteroatoms. The number of carboxylic acids is 1. The third kappa shape index (κ3) is 2.74. The molecule has 4 N–H and O–H groups in total. The van der Waals surface area contributed by atoms with Crippen molar-refractivity contribution in [3.05, 3.63) is 53.2 Å². The summed E-state index contributed by atoms with van der Waals surface area (Å²) in [6.45, 7) is 1.71.